The van der Waals surface area contributed by atoms with Gasteiger partial charge in [-0.25, -0.2) is 4.98 Å². The predicted molar refractivity (Wildman–Crippen MR) is 101 cm³/mol. The van der Waals surface area contributed by atoms with E-state index in [1.165, 1.54) is 0 Å². The van der Waals surface area contributed by atoms with Crippen LogP contribution in [0.1, 0.15) is 21.7 Å². The largest absolute Gasteiger partial charge is 0.353 e. The molecule has 2 aromatic carbocycles. The predicted octanol–water partition coefficient (Wildman–Crippen LogP) is 2.20. The summed E-state index contributed by atoms with van der Waals surface area (Å²) < 4.78 is 2.07. The Hall–Kier alpha value is -3.15. The number of rotatable bonds is 6. The van der Waals surface area contributed by atoms with Crippen molar-refractivity contribution in [1.29, 1.82) is 0 Å². The highest BCUT2D eigenvalue weighted by Crippen LogP contribution is 2.14. The number of hydrogen-bond donors (Lipinski definition) is 2. The highest BCUT2D eigenvalue weighted by atomic mass is 16.2. The van der Waals surface area contributed by atoms with Gasteiger partial charge < -0.3 is 15.2 Å². The maximum Gasteiger partial charge on any atom is 0.251 e. The van der Waals surface area contributed by atoms with E-state index in [9.17, 15) is 9.59 Å². The van der Waals surface area contributed by atoms with Gasteiger partial charge in [0.15, 0.2) is 0 Å². The molecule has 0 aliphatic heterocycles. The zero-order valence-electron chi connectivity index (χ0n) is 15.0. The van der Waals surface area contributed by atoms with E-state index in [0.29, 0.717) is 18.7 Å². The van der Waals surface area contributed by atoms with Gasteiger partial charge in [-0.15, -0.1) is 0 Å². The molecule has 0 spiro atoms. The van der Waals surface area contributed by atoms with Crippen LogP contribution >= 0.6 is 0 Å². The smallest absolute Gasteiger partial charge is 0.251 e. The van der Waals surface area contributed by atoms with E-state index in [-0.39, 0.29) is 18.4 Å². The third kappa shape index (κ3) is 4.08. The number of fused-ring (bicyclic) bond motifs is 1. The second kappa shape index (κ2) is 7.82. The maximum absolute atomic E-state index is 12.0. The number of aryl methyl sites for hydroxylation is 2. The standard InChI is InChI=1S/C20H22N4O2/c1-14-7-9-16(10-8-14)20(26)22-13-19(25)21-11-12-24-15(2)23-17-5-3-4-6-18(17)24/h3-10H,11-13H2,1-2H3,(H,21,25)(H,22,26). The summed E-state index contributed by atoms with van der Waals surface area (Å²) in [6.45, 7) is 4.96. The number of carbonyl (C=O) groups is 2. The van der Waals surface area contributed by atoms with E-state index in [2.05, 4.69) is 20.2 Å². The normalized spacial score (nSPS) is 10.7. The Kier molecular flexibility index (Phi) is 5.31. The van der Waals surface area contributed by atoms with E-state index >= 15 is 0 Å². The topological polar surface area (TPSA) is 76.0 Å². The van der Waals surface area contributed by atoms with Crippen LogP contribution in [0.5, 0.6) is 0 Å². The Morgan fingerprint density at radius 1 is 1.00 bits per heavy atom. The van der Waals surface area contributed by atoms with Crippen LogP contribution in [0.3, 0.4) is 0 Å². The lowest BCUT2D eigenvalue weighted by atomic mass is 10.1. The first kappa shape index (κ1) is 17.7. The number of hydrogen-bond acceptors (Lipinski definition) is 3. The van der Waals surface area contributed by atoms with Crippen molar-refractivity contribution in [2.45, 2.75) is 20.4 Å². The van der Waals surface area contributed by atoms with Crippen molar-refractivity contribution in [3.63, 3.8) is 0 Å². The highest BCUT2D eigenvalue weighted by Gasteiger charge is 2.09. The van der Waals surface area contributed by atoms with Crippen molar-refractivity contribution in [3.8, 4) is 0 Å². The maximum atomic E-state index is 12.0. The summed E-state index contributed by atoms with van der Waals surface area (Å²) >= 11 is 0. The van der Waals surface area contributed by atoms with Gasteiger partial charge in [0.25, 0.3) is 5.91 Å². The molecule has 0 atom stereocenters. The minimum absolute atomic E-state index is 0.0453. The molecule has 2 amide bonds. The molecule has 0 saturated heterocycles. The summed E-state index contributed by atoms with van der Waals surface area (Å²) in [5.74, 6) is 0.442. The first-order chi connectivity index (χ1) is 12.5. The zero-order valence-corrected chi connectivity index (χ0v) is 15.0. The number of para-hydroxylation sites is 2. The summed E-state index contributed by atoms with van der Waals surface area (Å²) in [5.41, 5.74) is 3.62. The molecule has 26 heavy (non-hydrogen) atoms. The molecule has 0 unspecified atom stereocenters. The Labute approximate surface area is 152 Å². The minimum atomic E-state index is -0.253. The average Bonchev–Trinajstić information content (AvgIpc) is 2.96. The summed E-state index contributed by atoms with van der Waals surface area (Å²) in [6, 6.07) is 15.1. The number of amides is 2. The van der Waals surface area contributed by atoms with E-state index in [1.54, 1.807) is 12.1 Å². The van der Waals surface area contributed by atoms with Crippen LogP contribution in [0, 0.1) is 13.8 Å². The fraction of sp³-hybridized carbons (Fsp3) is 0.250. The Morgan fingerprint density at radius 2 is 1.73 bits per heavy atom. The molecule has 134 valence electrons. The lowest BCUT2D eigenvalue weighted by Gasteiger charge is -2.09. The summed E-state index contributed by atoms with van der Waals surface area (Å²) in [7, 11) is 0. The van der Waals surface area contributed by atoms with Gasteiger partial charge in [-0.3, -0.25) is 9.59 Å². The van der Waals surface area contributed by atoms with Gasteiger partial charge in [0.1, 0.15) is 5.82 Å². The van der Waals surface area contributed by atoms with Crippen molar-refractivity contribution < 1.29 is 9.59 Å². The number of carbonyl (C=O) groups excluding carboxylic acids is 2. The second-order valence-electron chi connectivity index (χ2n) is 6.20. The summed E-state index contributed by atoms with van der Waals surface area (Å²) in [6.07, 6.45) is 0. The van der Waals surface area contributed by atoms with Crippen LogP contribution in [0.4, 0.5) is 0 Å². The molecule has 3 aromatic rings. The van der Waals surface area contributed by atoms with Crippen LogP contribution in [0.15, 0.2) is 48.5 Å². The first-order valence-corrected chi connectivity index (χ1v) is 8.58. The summed E-state index contributed by atoms with van der Waals surface area (Å²) in [4.78, 5) is 28.5. The Balaban J connectivity index is 1.47. The first-order valence-electron chi connectivity index (χ1n) is 8.58. The van der Waals surface area contributed by atoms with Gasteiger partial charge in [0, 0.05) is 18.7 Å². The van der Waals surface area contributed by atoms with Crippen LogP contribution in [-0.4, -0.2) is 34.5 Å². The van der Waals surface area contributed by atoms with Gasteiger partial charge in [-0.2, -0.15) is 0 Å². The van der Waals surface area contributed by atoms with E-state index < -0.39 is 0 Å². The monoisotopic (exact) mass is 350 g/mol. The SMILES string of the molecule is Cc1ccc(C(=O)NCC(=O)NCCn2c(C)nc3ccccc32)cc1. The lowest BCUT2D eigenvalue weighted by molar-refractivity contribution is -0.120. The Morgan fingerprint density at radius 3 is 2.50 bits per heavy atom. The molecule has 0 aliphatic rings. The second-order valence-corrected chi connectivity index (χ2v) is 6.20. The van der Waals surface area contributed by atoms with Crippen molar-refractivity contribution in [2.24, 2.45) is 0 Å². The van der Waals surface area contributed by atoms with Crippen LogP contribution in [0.2, 0.25) is 0 Å². The number of aromatic nitrogens is 2. The quantitative estimate of drug-likeness (QED) is 0.716. The van der Waals surface area contributed by atoms with Crippen LogP contribution < -0.4 is 10.6 Å². The number of nitrogens with zero attached hydrogens (tertiary/aromatic N) is 2. The zero-order chi connectivity index (χ0) is 18.5. The molecule has 2 N–H and O–H groups in total. The van der Waals surface area contributed by atoms with Crippen molar-refractivity contribution in [3.05, 3.63) is 65.5 Å². The highest BCUT2D eigenvalue weighted by molar-refractivity contribution is 5.96. The molecule has 0 bridgehead atoms. The van der Waals surface area contributed by atoms with E-state index in [1.807, 2.05) is 50.2 Å². The van der Waals surface area contributed by atoms with Crippen LogP contribution in [-0.2, 0) is 11.3 Å². The van der Waals surface area contributed by atoms with Crippen molar-refractivity contribution in [1.82, 2.24) is 20.2 Å². The molecule has 0 radical (unpaired) electrons. The number of nitrogens with one attached hydrogen (secondary N) is 2. The molecule has 6 nitrogen and oxygen atoms in total. The summed E-state index contributed by atoms with van der Waals surface area (Å²) in [5, 5.41) is 5.46. The van der Waals surface area contributed by atoms with Crippen molar-refractivity contribution in [2.75, 3.05) is 13.1 Å². The molecule has 1 heterocycles. The van der Waals surface area contributed by atoms with Crippen LogP contribution in [0.25, 0.3) is 11.0 Å². The molecular weight excluding hydrogens is 328 g/mol. The van der Waals surface area contributed by atoms with Gasteiger partial charge in [-0.05, 0) is 38.1 Å². The minimum Gasteiger partial charge on any atom is -0.353 e. The number of benzene rings is 2. The van der Waals surface area contributed by atoms with E-state index in [0.717, 1.165) is 22.4 Å². The molecular formula is C20H22N4O2. The molecule has 1 aromatic heterocycles. The Bertz CT molecular complexity index is 929. The lowest BCUT2D eigenvalue weighted by Crippen LogP contribution is -2.38. The molecule has 0 fully saturated rings. The third-order valence-corrected chi connectivity index (χ3v) is 4.23. The fourth-order valence-electron chi connectivity index (χ4n) is 2.82. The number of imidazole rings is 1. The van der Waals surface area contributed by atoms with Crippen molar-refractivity contribution >= 4 is 22.8 Å². The molecule has 0 aliphatic carbocycles. The average molecular weight is 350 g/mol. The van der Waals surface area contributed by atoms with E-state index in [4.69, 9.17) is 0 Å². The fourth-order valence-corrected chi connectivity index (χ4v) is 2.82. The van der Waals surface area contributed by atoms with Gasteiger partial charge >= 0.3 is 0 Å². The van der Waals surface area contributed by atoms with Gasteiger partial charge in [-0.1, -0.05) is 29.8 Å². The molecule has 3 rings (SSSR count). The van der Waals surface area contributed by atoms with Gasteiger partial charge in [0.05, 0.1) is 17.6 Å². The van der Waals surface area contributed by atoms with Gasteiger partial charge in [0.2, 0.25) is 5.91 Å². The molecule has 6 heteroatoms. The molecule has 0 saturated carbocycles. The third-order valence-electron chi connectivity index (χ3n) is 4.23.